The van der Waals surface area contributed by atoms with Crippen molar-refractivity contribution in [2.45, 2.75) is 64.1 Å². The van der Waals surface area contributed by atoms with Gasteiger partial charge in [-0.3, -0.25) is 4.90 Å². The first-order valence-electron chi connectivity index (χ1n) is 7.70. The van der Waals surface area contributed by atoms with Gasteiger partial charge in [-0.2, -0.15) is 0 Å². The van der Waals surface area contributed by atoms with Gasteiger partial charge in [0.15, 0.2) is 0 Å². The van der Waals surface area contributed by atoms with Crippen molar-refractivity contribution in [3.8, 4) is 0 Å². The molecular weight excluding hydrogens is 224 g/mol. The number of hydrogen-bond acceptors (Lipinski definition) is 3. The maximum absolute atomic E-state index is 5.27. The largest absolute Gasteiger partial charge is 0.383 e. The van der Waals surface area contributed by atoms with E-state index in [4.69, 9.17) is 4.74 Å². The Morgan fingerprint density at radius 3 is 2.50 bits per heavy atom. The van der Waals surface area contributed by atoms with Gasteiger partial charge in [-0.25, -0.2) is 0 Å². The van der Waals surface area contributed by atoms with Crippen molar-refractivity contribution in [3.05, 3.63) is 0 Å². The van der Waals surface area contributed by atoms with Gasteiger partial charge in [-0.15, -0.1) is 0 Å². The van der Waals surface area contributed by atoms with Crippen LogP contribution in [0, 0.1) is 5.92 Å². The number of methoxy groups -OCH3 is 1. The Bertz CT molecular complexity index is 239. The minimum absolute atomic E-state index is 0.669. The molecule has 2 atom stereocenters. The minimum atomic E-state index is 0.669. The summed E-state index contributed by atoms with van der Waals surface area (Å²) < 4.78 is 5.27. The standard InChI is InChI=1S/C15H30N2O/c1-12(8-9-16-15-6-7-15)17(10-11-18-3)13(2)14-4-5-14/h12-16H,4-11H2,1-3H3. The van der Waals surface area contributed by atoms with Gasteiger partial charge in [0.2, 0.25) is 0 Å². The zero-order valence-corrected chi connectivity index (χ0v) is 12.3. The van der Waals surface area contributed by atoms with E-state index in [1.165, 1.54) is 38.6 Å². The predicted molar refractivity (Wildman–Crippen MR) is 75.9 cm³/mol. The number of ether oxygens (including phenoxy) is 1. The van der Waals surface area contributed by atoms with Gasteiger partial charge >= 0.3 is 0 Å². The van der Waals surface area contributed by atoms with Gasteiger partial charge in [0, 0.05) is 31.8 Å². The van der Waals surface area contributed by atoms with E-state index >= 15 is 0 Å². The van der Waals surface area contributed by atoms with Crippen molar-refractivity contribution in [2.24, 2.45) is 5.92 Å². The van der Waals surface area contributed by atoms with Gasteiger partial charge in [-0.1, -0.05) is 0 Å². The number of hydrogen-bond donors (Lipinski definition) is 1. The summed E-state index contributed by atoms with van der Waals surface area (Å²) in [6.07, 6.45) is 6.90. The second-order valence-electron chi connectivity index (χ2n) is 6.17. The summed E-state index contributed by atoms with van der Waals surface area (Å²) in [6.45, 7) is 7.89. The molecule has 2 aliphatic carbocycles. The van der Waals surface area contributed by atoms with E-state index in [0.29, 0.717) is 6.04 Å². The second-order valence-corrected chi connectivity index (χ2v) is 6.17. The zero-order chi connectivity index (χ0) is 13.0. The SMILES string of the molecule is COCCN(C(C)CCNC1CC1)C(C)C1CC1. The summed E-state index contributed by atoms with van der Waals surface area (Å²) in [5.41, 5.74) is 0. The molecule has 2 fully saturated rings. The molecule has 0 amide bonds. The maximum Gasteiger partial charge on any atom is 0.0589 e. The molecule has 0 aromatic rings. The van der Waals surface area contributed by atoms with E-state index in [1.807, 2.05) is 0 Å². The normalized spacial score (nSPS) is 23.3. The fraction of sp³-hybridized carbons (Fsp3) is 1.00. The lowest BCUT2D eigenvalue weighted by molar-refractivity contribution is 0.0840. The average molecular weight is 254 g/mol. The van der Waals surface area contributed by atoms with E-state index in [1.54, 1.807) is 7.11 Å². The number of nitrogens with one attached hydrogen (secondary N) is 1. The molecular formula is C15H30N2O. The van der Waals surface area contributed by atoms with Crippen LogP contribution in [0.2, 0.25) is 0 Å². The van der Waals surface area contributed by atoms with Crippen LogP contribution in [-0.2, 0) is 4.74 Å². The summed E-state index contributed by atoms with van der Waals surface area (Å²) in [6, 6.07) is 2.24. The van der Waals surface area contributed by atoms with E-state index in [9.17, 15) is 0 Å². The number of nitrogens with zero attached hydrogens (tertiary/aromatic N) is 1. The molecule has 3 heteroatoms. The Morgan fingerprint density at radius 2 is 1.94 bits per heavy atom. The summed E-state index contributed by atoms with van der Waals surface area (Å²) >= 11 is 0. The molecule has 0 aromatic heterocycles. The quantitative estimate of drug-likeness (QED) is 0.647. The van der Waals surface area contributed by atoms with E-state index in [-0.39, 0.29) is 0 Å². The van der Waals surface area contributed by atoms with Gasteiger partial charge in [-0.05, 0) is 58.4 Å². The van der Waals surface area contributed by atoms with Crippen LogP contribution in [0.25, 0.3) is 0 Å². The Hall–Kier alpha value is -0.120. The third kappa shape index (κ3) is 4.52. The molecule has 3 nitrogen and oxygen atoms in total. The Labute approximate surface area is 112 Å². The van der Waals surface area contributed by atoms with E-state index in [2.05, 4.69) is 24.1 Å². The summed E-state index contributed by atoms with van der Waals surface area (Å²) in [4.78, 5) is 2.66. The van der Waals surface area contributed by atoms with Gasteiger partial charge in [0.05, 0.1) is 6.61 Å². The van der Waals surface area contributed by atoms with Crippen LogP contribution in [0.3, 0.4) is 0 Å². The predicted octanol–water partition coefficient (Wildman–Crippen LogP) is 2.26. The lowest BCUT2D eigenvalue weighted by Gasteiger charge is -2.35. The Kier molecular flexibility index (Phi) is 5.46. The molecule has 2 saturated carbocycles. The third-order valence-electron chi connectivity index (χ3n) is 4.52. The molecule has 0 spiro atoms. The molecule has 2 rings (SSSR count). The number of rotatable bonds is 10. The topological polar surface area (TPSA) is 24.5 Å². The fourth-order valence-electron chi connectivity index (χ4n) is 2.82. The zero-order valence-electron chi connectivity index (χ0n) is 12.3. The highest BCUT2D eigenvalue weighted by Crippen LogP contribution is 2.36. The van der Waals surface area contributed by atoms with Crippen molar-refractivity contribution in [2.75, 3.05) is 26.8 Å². The molecule has 0 aromatic carbocycles. The maximum atomic E-state index is 5.27. The van der Waals surface area contributed by atoms with Crippen LogP contribution in [-0.4, -0.2) is 49.8 Å². The van der Waals surface area contributed by atoms with Crippen molar-refractivity contribution in [1.82, 2.24) is 10.2 Å². The molecule has 1 N–H and O–H groups in total. The molecule has 18 heavy (non-hydrogen) atoms. The Balaban J connectivity index is 1.72. The van der Waals surface area contributed by atoms with Crippen molar-refractivity contribution < 1.29 is 4.74 Å². The van der Waals surface area contributed by atoms with Crippen LogP contribution in [0.15, 0.2) is 0 Å². The van der Waals surface area contributed by atoms with E-state index < -0.39 is 0 Å². The first kappa shape index (κ1) is 14.3. The smallest absolute Gasteiger partial charge is 0.0589 e. The first-order chi connectivity index (χ1) is 8.72. The molecule has 106 valence electrons. The molecule has 0 saturated heterocycles. The summed E-state index contributed by atoms with van der Waals surface area (Å²) in [7, 11) is 1.80. The highest BCUT2D eigenvalue weighted by Gasteiger charge is 2.33. The van der Waals surface area contributed by atoms with E-state index in [0.717, 1.165) is 31.2 Å². The molecule has 0 aliphatic heterocycles. The van der Waals surface area contributed by atoms with Crippen LogP contribution in [0.4, 0.5) is 0 Å². The minimum Gasteiger partial charge on any atom is -0.383 e. The lowest BCUT2D eigenvalue weighted by Crippen LogP contribution is -2.44. The molecule has 0 radical (unpaired) electrons. The summed E-state index contributed by atoms with van der Waals surface area (Å²) in [5, 5.41) is 3.62. The lowest BCUT2D eigenvalue weighted by atomic mass is 10.1. The third-order valence-corrected chi connectivity index (χ3v) is 4.52. The van der Waals surface area contributed by atoms with Crippen molar-refractivity contribution in [3.63, 3.8) is 0 Å². The van der Waals surface area contributed by atoms with Gasteiger partial charge in [0.1, 0.15) is 0 Å². The molecule has 2 unspecified atom stereocenters. The highest BCUT2D eigenvalue weighted by molar-refractivity contribution is 4.88. The Morgan fingerprint density at radius 1 is 1.22 bits per heavy atom. The molecule has 0 bridgehead atoms. The van der Waals surface area contributed by atoms with Crippen molar-refractivity contribution >= 4 is 0 Å². The van der Waals surface area contributed by atoms with Crippen LogP contribution in [0.5, 0.6) is 0 Å². The van der Waals surface area contributed by atoms with Crippen molar-refractivity contribution in [1.29, 1.82) is 0 Å². The molecule has 0 heterocycles. The van der Waals surface area contributed by atoms with Gasteiger partial charge < -0.3 is 10.1 Å². The highest BCUT2D eigenvalue weighted by atomic mass is 16.5. The second kappa shape index (κ2) is 6.88. The average Bonchev–Trinajstić information content (AvgIpc) is 3.22. The summed E-state index contributed by atoms with van der Waals surface area (Å²) in [5.74, 6) is 0.945. The monoisotopic (exact) mass is 254 g/mol. The van der Waals surface area contributed by atoms with Gasteiger partial charge in [0.25, 0.3) is 0 Å². The van der Waals surface area contributed by atoms with Crippen LogP contribution >= 0.6 is 0 Å². The van der Waals surface area contributed by atoms with Crippen LogP contribution < -0.4 is 5.32 Å². The molecule has 2 aliphatic rings. The van der Waals surface area contributed by atoms with Crippen LogP contribution in [0.1, 0.15) is 46.0 Å². The first-order valence-corrected chi connectivity index (χ1v) is 7.70. The fourth-order valence-corrected chi connectivity index (χ4v) is 2.82.